The molecule has 1 aromatic rings. The summed E-state index contributed by atoms with van der Waals surface area (Å²) in [5.74, 6) is 0.990. The first-order valence-electron chi connectivity index (χ1n) is 5.84. The fourth-order valence-corrected chi connectivity index (χ4v) is 2.24. The molecular weight excluding hydrogens is 202 g/mol. The molecule has 0 atom stereocenters. The lowest BCUT2D eigenvalue weighted by atomic mass is 9.99. The quantitative estimate of drug-likeness (QED) is 0.817. The largest absolute Gasteiger partial charge is 0.485 e. The molecule has 0 unspecified atom stereocenters. The van der Waals surface area contributed by atoms with E-state index in [1.807, 2.05) is 0 Å². The lowest BCUT2D eigenvalue weighted by Crippen LogP contribution is -2.61. The van der Waals surface area contributed by atoms with E-state index in [4.69, 9.17) is 9.47 Å². The summed E-state index contributed by atoms with van der Waals surface area (Å²) in [6.45, 7) is 5.59. The van der Waals surface area contributed by atoms with Gasteiger partial charge in [-0.3, -0.25) is 0 Å². The van der Waals surface area contributed by atoms with E-state index in [2.05, 4.69) is 30.4 Å². The van der Waals surface area contributed by atoms with Crippen LogP contribution in [0, 0.1) is 0 Å². The Morgan fingerprint density at radius 1 is 1.31 bits per heavy atom. The first-order valence-corrected chi connectivity index (χ1v) is 5.84. The molecule has 2 heterocycles. The summed E-state index contributed by atoms with van der Waals surface area (Å²) >= 11 is 0. The van der Waals surface area contributed by atoms with E-state index in [1.54, 1.807) is 0 Å². The molecule has 3 nitrogen and oxygen atoms in total. The van der Waals surface area contributed by atoms with Crippen LogP contribution in [0.3, 0.4) is 0 Å². The Bertz CT molecular complexity index is 399. The standard InChI is InChI=1S/C13H17NO2/c1-13(8-14-9-13)16-12-3-2-11-7-15-5-4-10(11)6-12/h2-3,6,14H,4-5,7-9H2,1H3. The van der Waals surface area contributed by atoms with Crippen molar-refractivity contribution in [2.75, 3.05) is 19.7 Å². The second-order valence-corrected chi connectivity index (χ2v) is 4.89. The molecule has 1 aromatic carbocycles. The van der Waals surface area contributed by atoms with Gasteiger partial charge < -0.3 is 14.8 Å². The zero-order chi connectivity index (χ0) is 11.0. The summed E-state index contributed by atoms with van der Waals surface area (Å²) in [5, 5.41) is 3.24. The Morgan fingerprint density at radius 3 is 2.94 bits per heavy atom. The van der Waals surface area contributed by atoms with Gasteiger partial charge in [-0.25, -0.2) is 0 Å². The van der Waals surface area contributed by atoms with Gasteiger partial charge in [0.1, 0.15) is 11.4 Å². The van der Waals surface area contributed by atoms with Crippen molar-refractivity contribution >= 4 is 0 Å². The third kappa shape index (κ3) is 1.81. The molecule has 0 radical (unpaired) electrons. The van der Waals surface area contributed by atoms with Crippen molar-refractivity contribution in [1.29, 1.82) is 0 Å². The smallest absolute Gasteiger partial charge is 0.131 e. The minimum Gasteiger partial charge on any atom is -0.485 e. The summed E-state index contributed by atoms with van der Waals surface area (Å²) in [6, 6.07) is 6.35. The van der Waals surface area contributed by atoms with Crippen molar-refractivity contribution in [3.05, 3.63) is 29.3 Å². The van der Waals surface area contributed by atoms with Crippen LogP contribution in [0.4, 0.5) is 0 Å². The van der Waals surface area contributed by atoms with Crippen molar-refractivity contribution < 1.29 is 9.47 Å². The van der Waals surface area contributed by atoms with Gasteiger partial charge in [-0.1, -0.05) is 6.07 Å². The van der Waals surface area contributed by atoms with E-state index in [9.17, 15) is 0 Å². The molecule has 0 aromatic heterocycles. The van der Waals surface area contributed by atoms with E-state index in [-0.39, 0.29) is 5.60 Å². The summed E-state index contributed by atoms with van der Waals surface area (Å²) < 4.78 is 11.4. The third-order valence-corrected chi connectivity index (χ3v) is 3.31. The number of ether oxygens (including phenoxy) is 2. The van der Waals surface area contributed by atoms with Gasteiger partial charge in [0.2, 0.25) is 0 Å². The van der Waals surface area contributed by atoms with Crippen LogP contribution in [-0.2, 0) is 17.8 Å². The van der Waals surface area contributed by atoms with E-state index in [0.717, 1.165) is 38.5 Å². The van der Waals surface area contributed by atoms with Crippen LogP contribution < -0.4 is 10.1 Å². The van der Waals surface area contributed by atoms with E-state index >= 15 is 0 Å². The Kier molecular flexibility index (Phi) is 2.37. The highest BCUT2D eigenvalue weighted by atomic mass is 16.5. The van der Waals surface area contributed by atoms with Crippen molar-refractivity contribution in [3.8, 4) is 5.75 Å². The van der Waals surface area contributed by atoms with Gasteiger partial charge in [0, 0.05) is 13.1 Å². The second-order valence-electron chi connectivity index (χ2n) is 4.89. The van der Waals surface area contributed by atoms with Crippen molar-refractivity contribution in [2.45, 2.75) is 25.6 Å². The molecule has 3 rings (SSSR count). The Morgan fingerprint density at radius 2 is 2.19 bits per heavy atom. The summed E-state index contributed by atoms with van der Waals surface area (Å²) in [4.78, 5) is 0. The molecule has 1 saturated heterocycles. The van der Waals surface area contributed by atoms with Crippen LogP contribution in [0.1, 0.15) is 18.1 Å². The predicted molar refractivity (Wildman–Crippen MR) is 61.7 cm³/mol. The van der Waals surface area contributed by atoms with Crippen molar-refractivity contribution in [1.82, 2.24) is 5.32 Å². The fraction of sp³-hybridized carbons (Fsp3) is 0.538. The zero-order valence-electron chi connectivity index (χ0n) is 9.58. The SMILES string of the molecule is CC1(Oc2ccc3c(c2)CCOC3)CNC1. The van der Waals surface area contributed by atoms with E-state index in [1.165, 1.54) is 11.1 Å². The molecule has 1 N–H and O–H groups in total. The molecular formula is C13H17NO2. The predicted octanol–water partition coefficient (Wildman–Crippen LogP) is 1.50. The minimum absolute atomic E-state index is 0.0145. The summed E-state index contributed by atoms with van der Waals surface area (Å²) in [6.07, 6.45) is 1.00. The van der Waals surface area contributed by atoms with Gasteiger partial charge in [-0.2, -0.15) is 0 Å². The molecule has 3 heteroatoms. The normalized spacial score (nSPS) is 22.1. The Balaban J connectivity index is 1.80. The number of fused-ring (bicyclic) bond motifs is 1. The van der Waals surface area contributed by atoms with Gasteiger partial charge in [0.15, 0.2) is 0 Å². The molecule has 0 aliphatic carbocycles. The van der Waals surface area contributed by atoms with E-state index < -0.39 is 0 Å². The maximum atomic E-state index is 6.00. The van der Waals surface area contributed by atoms with Gasteiger partial charge in [-0.15, -0.1) is 0 Å². The van der Waals surface area contributed by atoms with Crippen LogP contribution in [0.2, 0.25) is 0 Å². The maximum absolute atomic E-state index is 6.00. The maximum Gasteiger partial charge on any atom is 0.131 e. The van der Waals surface area contributed by atoms with E-state index in [0.29, 0.717) is 0 Å². The van der Waals surface area contributed by atoms with Gasteiger partial charge in [-0.05, 0) is 36.6 Å². The molecule has 2 aliphatic heterocycles. The number of nitrogens with one attached hydrogen (secondary N) is 1. The minimum atomic E-state index is -0.0145. The highest BCUT2D eigenvalue weighted by molar-refractivity contribution is 5.37. The first kappa shape index (κ1) is 10.1. The second kappa shape index (κ2) is 3.75. The highest BCUT2D eigenvalue weighted by Crippen LogP contribution is 2.26. The molecule has 0 bridgehead atoms. The first-order chi connectivity index (χ1) is 7.75. The highest BCUT2D eigenvalue weighted by Gasteiger charge is 2.33. The van der Waals surface area contributed by atoms with Crippen molar-refractivity contribution in [3.63, 3.8) is 0 Å². The monoisotopic (exact) mass is 219 g/mol. The molecule has 0 saturated carbocycles. The number of rotatable bonds is 2. The Labute approximate surface area is 95.8 Å². The Hall–Kier alpha value is -1.06. The van der Waals surface area contributed by atoms with Crippen LogP contribution in [0.5, 0.6) is 5.75 Å². The number of hydrogen-bond acceptors (Lipinski definition) is 3. The molecule has 0 amide bonds. The zero-order valence-corrected chi connectivity index (χ0v) is 9.58. The summed E-state index contributed by atoms with van der Waals surface area (Å²) in [7, 11) is 0. The number of hydrogen-bond donors (Lipinski definition) is 1. The summed E-state index contributed by atoms with van der Waals surface area (Å²) in [5.41, 5.74) is 2.66. The molecule has 1 fully saturated rings. The lowest BCUT2D eigenvalue weighted by Gasteiger charge is -2.39. The molecule has 0 spiro atoms. The van der Waals surface area contributed by atoms with Gasteiger partial charge in [0.05, 0.1) is 13.2 Å². The van der Waals surface area contributed by atoms with Gasteiger partial charge in [0.25, 0.3) is 0 Å². The average Bonchev–Trinajstić information content (AvgIpc) is 2.27. The van der Waals surface area contributed by atoms with Gasteiger partial charge >= 0.3 is 0 Å². The topological polar surface area (TPSA) is 30.5 Å². The fourth-order valence-electron chi connectivity index (χ4n) is 2.24. The van der Waals surface area contributed by atoms with Crippen molar-refractivity contribution in [2.24, 2.45) is 0 Å². The lowest BCUT2D eigenvalue weighted by molar-refractivity contribution is 0.0345. The average molecular weight is 219 g/mol. The third-order valence-electron chi connectivity index (χ3n) is 3.31. The number of benzene rings is 1. The molecule has 16 heavy (non-hydrogen) atoms. The molecule has 86 valence electrons. The van der Waals surface area contributed by atoms with Crippen LogP contribution in [0.25, 0.3) is 0 Å². The molecule has 2 aliphatic rings. The van der Waals surface area contributed by atoms with Crippen LogP contribution >= 0.6 is 0 Å². The van der Waals surface area contributed by atoms with Crippen LogP contribution in [-0.4, -0.2) is 25.3 Å². The van der Waals surface area contributed by atoms with Crippen LogP contribution in [0.15, 0.2) is 18.2 Å².